The van der Waals surface area contributed by atoms with Gasteiger partial charge in [0, 0.05) is 6.61 Å². The number of furan rings is 1. The fourth-order valence-electron chi connectivity index (χ4n) is 1.64. The van der Waals surface area contributed by atoms with Crippen LogP contribution < -0.4 is 5.32 Å². The van der Waals surface area contributed by atoms with Gasteiger partial charge in [0.25, 0.3) is 0 Å². The molecule has 0 fully saturated rings. The molecule has 1 aromatic rings. The van der Waals surface area contributed by atoms with E-state index < -0.39 is 12.1 Å². The van der Waals surface area contributed by atoms with Crippen molar-refractivity contribution in [2.24, 2.45) is 0 Å². The van der Waals surface area contributed by atoms with Crippen LogP contribution in [-0.4, -0.2) is 29.7 Å². The third kappa shape index (κ3) is 4.70. The summed E-state index contributed by atoms with van der Waals surface area (Å²) < 4.78 is 10.6. The Hall–Kier alpha value is -1.82. The molecule has 6 nitrogen and oxygen atoms in total. The second-order valence-corrected chi connectivity index (χ2v) is 4.57. The Bertz CT molecular complexity index is 466. The third-order valence-electron chi connectivity index (χ3n) is 2.87. The topological polar surface area (TPSA) is 88.8 Å². The predicted molar refractivity (Wildman–Crippen MR) is 72.6 cm³/mol. The van der Waals surface area contributed by atoms with Gasteiger partial charge in [0.05, 0.1) is 6.54 Å². The first-order chi connectivity index (χ1) is 9.45. The molecule has 1 unspecified atom stereocenters. The van der Waals surface area contributed by atoms with Crippen molar-refractivity contribution in [1.29, 1.82) is 0 Å². The maximum Gasteiger partial charge on any atom is 0.339 e. The van der Waals surface area contributed by atoms with E-state index in [2.05, 4.69) is 5.32 Å². The zero-order valence-corrected chi connectivity index (χ0v) is 12.1. The van der Waals surface area contributed by atoms with Gasteiger partial charge in [-0.2, -0.15) is 0 Å². The summed E-state index contributed by atoms with van der Waals surface area (Å²) in [5.41, 5.74) is 0.112. The van der Waals surface area contributed by atoms with E-state index in [0.717, 1.165) is 12.8 Å². The predicted octanol–water partition coefficient (Wildman–Crippen LogP) is 2.11. The summed E-state index contributed by atoms with van der Waals surface area (Å²) in [6.07, 6.45) is 1.39. The van der Waals surface area contributed by atoms with E-state index in [-0.39, 0.29) is 18.0 Å². The molecule has 0 saturated heterocycles. The fraction of sp³-hybridized carbons (Fsp3) is 0.571. The first kappa shape index (κ1) is 16.2. The zero-order valence-electron chi connectivity index (χ0n) is 12.1. The molecule has 1 aromatic heterocycles. The van der Waals surface area contributed by atoms with E-state index in [1.54, 1.807) is 13.8 Å². The molecule has 0 aliphatic rings. The molecule has 20 heavy (non-hydrogen) atoms. The number of nitrogens with one attached hydrogen (secondary N) is 1. The van der Waals surface area contributed by atoms with Crippen LogP contribution in [0.5, 0.6) is 0 Å². The average molecular weight is 283 g/mol. The van der Waals surface area contributed by atoms with Gasteiger partial charge < -0.3 is 19.6 Å². The van der Waals surface area contributed by atoms with Gasteiger partial charge in [0.1, 0.15) is 23.2 Å². The molecule has 0 radical (unpaired) electrons. The SMILES string of the molecule is CCCCOC(C)C(=O)NCc1cc(C(=O)O)c(C)o1. The summed E-state index contributed by atoms with van der Waals surface area (Å²) in [5, 5.41) is 11.6. The van der Waals surface area contributed by atoms with Crippen LogP contribution in [0.1, 0.15) is 48.6 Å². The minimum absolute atomic E-state index is 0.112. The molecule has 0 saturated carbocycles. The Morgan fingerprint density at radius 3 is 2.75 bits per heavy atom. The standard InChI is InChI=1S/C14H21NO5/c1-4-5-6-19-10(3)13(16)15-8-11-7-12(14(17)18)9(2)20-11/h7,10H,4-6,8H2,1-3H3,(H,15,16)(H,17,18). The van der Waals surface area contributed by atoms with Crippen LogP contribution >= 0.6 is 0 Å². The monoisotopic (exact) mass is 283 g/mol. The minimum Gasteiger partial charge on any atom is -0.478 e. The van der Waals surface area contributed by atoms with Crippen molar-refractivity contribution in [3.8, 4) is 0 Å². The highest BCUT2D eigenvalue weighted by atomic mass is 16.5. The largest absolute Gasteiger partial charge is 0.478 e. The number of ether oxygens (including phenoxy) is 1. The lowest BCUT2D eigenvalue weighted by molar-refractivity contribution is -0.132. The summed E-state index contributed by atoms with van der Waals surface area (Å²) >= 11 is 0. The van der Waals surface area contributed by atoms with Crippen molar-refractivity contribution in [3.63, 3.8) is 0 Å². The molecule has 1 amide bonds. The third-order valence-corrected chi connectivity index (χ3v) is 2.87. The van der Waals surface area contributed by atoms with Gasteiger partial charge in [-0.05, 0) is 26.3 Å². The van der Waals surface area contributed by atoms with Crippen molar-refractivity contribution in [1.82, 2.24) is 5.32 Å². The Kier molecular flexibility index (Phi) is 6.24. The molecule has 0 aliphatic heterocycles. The van der Waals surface area contributed by atoms with E-state index in [1.165, 1.54) is 6.07 Å². The number of amides is 1. The van der Waals surface area contributed by atoms with Crippen LogP contribution in [0.25, 0.3) is 0 Å². The first-order valence-corrected chi connectivity index (χ1v) is 6.67. The van der Waals surface area contributed by atoms with Crippen molar-refractivity contribution >= 4 is 11.9 Å². The normalized spacial score (nSPS) is 12.2. The van der Waals surface area contributed by atoms with E-state index in [9.17, 15) is 9.59 Å². The van der Waals surface area contributed by atoms with Gasteiger partial charge >= 0.3 is 5.97 Å². The van der Waals surface area contributed by atoms with E-state index in [0.29, 0.717) is 18.1 Å². The summed E-state index contributed by atoms with van der Waals surface area (Å²) in [6.45, 7) is 6.00. The van der Waals surface area contributed by atoms with Gasteiger partial charge in [0.15, 0.2) is 0 Å². The van der Waals surface area contributed by atoms with Crippen molar-refractivity contribution < 1.29 is 23.8 Å². The highest BCUT2D eigenvalue weighted by Crippen LogP contribution is 2.14. The Morgan fingerprint density at radius 1 is 1.50 bits per heavy atom. The zero-order chi connectivity index (χ0) is 15.1. The molecule has 0 bridgehead atoms. The number of carboxylic acid groups (broad SMARTS) is 1. The number of hydrogen-bond donors (Lipinski definition) is 2. The van der Waals surface area contributed by atoms with E-state index in [1.807, 2.05) is 6.92 Å². The number of aryl methyl sites for hydroxylation is 1. The molecular formula is C14H21NO5. The van der Waals surface area contributed by atoms with Crippen LogP contribution in [0.4, 0.5) is 0 Å². The maximum absolute atomic E-state index is 11.7. The number of carboxylic acids is 1. The summed E-state index contributed by atoms with van der Waals surface area (Å²) in [6, 6.07) is 1.42. The lowest BCUT2D eigenvalue weighted by atomic mass is 10.2. The summed E-state index contributed by atoms with van der Waals surface area (Å²) in [5.74, 6) is -0.546. The number of unbranched alkanes of at least 4 members (excludes halogenated alkanes) is 1. The fourth-order valence-corrected chi connectivity index (χ4v) is 1.64. The molecular weight excluding hydrogens is 262 g/mol. The second kappa shape index (κ2) is 7.69. The maximum atomic E-state index is 11.7. The molecule has 0 spiro atoms. The van der Waals surface area contributed by atoms with Crippen LogP contribution in [0.15, 0.2) is 10.5 Å². The molecule has 1 heterocycles. The van der Waals surface area contributed by atoms with Crippen molar-refractivity contribution in [2.75, 3.05) is 6.61 Å². The molecule has 1 atom stereocenters. The number of aromatic carboxylic acids is 1. The van der Waals surface area contributed by atoms with E-state index >= 15 is 0 Å². The van der Waals surface area contributed by atoms with Gasteiger partial charge in [-0.3, -0.25) is 4.79 Å². The van der Waals surface area contributed by atoms with Crippen LogP contribution in [-0.2, 0) is 16.1 Å². The summed E-state index contributed by atoms with van der Waals surface area (Å²) in [4.78, 5) is 22.6. The highest BCUT2D eigenvalue weighted by molar-refractivity contribution is 5.88. The number of carbonyl (C=O) groups excluding carboxylic acids is 1. The lowest BCUT2D eigenvalue weighted by Crippen LogP contribution is -2.34. The minimum atomic E-state index is -1.04. The van der Waals surface area contributed by atoms with E-state index in [4.69, 9.17) is 14.3 Å². The Balaban J connectivity index is 2.44. The molecule has 1 rings (SSSR count). The summed E-state index contributed by atoms with van der Waals surface area (Å²) in [7, 11) is 0. The first-order valence-electron chi connectivity index (χ1n) is 6.67. The van der Waals surface area contributed by atoms with Crippen LogP contribution in [0.2, 0.25) is 0 Å². The van der Waals surface area contributed by atoms with Crippen molar-refractivity contribution in [3.05, 3.63) is 23.2 Å². The molecule has 6 heteroatoms. The quantitative estimate of drug-likeness (QED) is 0.713. The second-order valence-electron chi connectivity index (χ2n) is 4.57. The molecule has 2 N–H and O–H groups in total. The molecule has 0 aliphatic carbocycles. The highest BCUT2D eigenvalue weighted by Gasteiger charge is 2.16. The number of carbonyl (C=O) groups is 2. The van der Waals surface area contributed by atoms with Crippen LogP contribution in [0.3, 0.4) is 0 Å². The average Bonchev–Trinajstić information content (AvgIpc) is 2.77. The number of rotatable bonds is 8. The molecule has 0 aromatic carbocycles. The van der Waals surface area contributed by atoms with Gasteiger partial charge in [0.2, 0.25) is 5.91 Å². The smallest absolute Gasteiger partial charge is 0.339 e. The van der Waals surface area contributed by atoms with Gasteiger partial charge in [-0.25, -0.2) is 4.79 Å². The Morgan fingerprint density at radius 2 is 2.20 bits per heavy atom. The van der Waals surface area contributed by atoms with Crippen LogP contribution in [0, 0.1) is 6.92 Å². The number of hydrogen-bond acceptors (Lipinski definition) is 4. The van der Waals surface area contributed by atoms with Crippen molar-refractivity contribution in [2.45, 2.75) is 46.3 Å². The van der Waals surface area contributed by atoms with Gasteiger partial charge in [-0.1, -0.05) is 13.3 Å². The lowest BCUT2D eigenvalue weighted by Gasteiger charge is -2.12. The molecule has 112 valence electrons. The Labute approximate surface area is 118 Å². The van der Waals surface area contributed by atoms with Gasteiger partial charge in [-0.15, -0.1) is 0 Å².